The first-order valence-electron chi connectivity index (χ1n) is 9.51. The molecule has 2 N–H and O–H groups in total. The summed E-state index contributed by atoms with van der Waals surface area (Å²) in [4.78, 5) is 31.1. The highest BCUT2D eigenvalue weighted by Crippen LogP contribution is 2.23. The van der Waals surface area contributed by atoms with Crippen LogP contribution in [-0.2, 0) is 21.2 Å². The second-order valence-corrected chi connectivity index (χ2v) is 9.67. The van der Waals surface area contributed by atoms with Crippen LogP contribution in [0.3, 0.4) is 0 Å². The van der Waals surface area contributed by atoms with Gasteiger partial charge < -0.3 is 10.3 Å². The summed E-state index contributed by atoms with van der Waals surface area (Å²) in [5.74, 6) is -0.268. The third kappa shape index (κ3) is 5.68. The Kier molecular flexibility index (Phi) is 7.09. The Morgan fingerprint density at radius 2 is 2.03 bits per heavy atom. The van der Waals surface area contributed by atoms with Crippen LogP contribution >= 0.6 is 11.8 Å². The maximum absolute atomic E-state index is 12.7. The average Bonchev–Trinajstić information content (AvgIpc) is 3.22. The number of hydrogen-bond acceptors (Lipinski definition) is 6. The van der Waals surface area contributed by atoms with Crippen LogP contribution in [0.2, 0.25) is 0 Å². The molecule has 0 aliphatic carbocycles. The summed E-state index contributed by atoms with van der Waals surface area (Å²) in [7, 11) is -3.54. The Labute approximate surface area is 174 Å². The third-order valence-corrected chi connectivity index (χ3v) is 7.21. The van der Waals surface area contributed by atoms with Crippen LogP contribution in [-0.4, -0.2) is 47.4 Å². The molecule has 0 saturated carbocycles. The molecule has 2 aromatic rings. The van der Waals surface area contributed by atoms with E-state index < -0.39 is 10.0 Å². The number of nitrogens with zero attached hydrogens (tertiary/aromatic N) is 2. The number of aryl methyl sites for hydroxylation is 1. The van der Waals surface area contributed by atoms with Crippen LogP contribution in [0.25, 0.3) is 0 Å². The Balaban J connectivity index is 1.63. The summed E-state index contributed by atoms with van der Waals surface area (Å²) in [6, 6.07) is 7.72. The molecule has 29 heavy (non-hydrogen) atoms. The van der Waals surface area contributed by atoms with Crippen molar-refractivity contribution in [3.63, 3.8) is 0 Å². The zero-order valence-corrected chi connectivity index (χ0v) is 17.8. The van der Waals surface area contributed by atoms with Crippen molar-refractivity contribution in [3.05, 3.63) is 46.4 Å². The van der Waals surface area contributed by atoms with Crippen LogP contribution in [0.1, 0.15) is 31.9 Å². The summed E-state index contributed by atoms with van der Waals surface area (Å²) in [6.45, 7) is 3.05. The number of nitrogens with one attached hydrogen (secondary N) is 2. The molecule has 1 aromatic heterocycles. The molecule has 0 bridgehead atoms. The summed E-state index contributed by atoms with van der Waals surface area (Å²) in [5, 5.41) is 3.10. The first-order valence-corrected chi connectivity index (χ1v) is 11.9. The van der Waals surface area contributed by atoms with Gasteiger partial charge in [0.05, 0.1) is 10.6 Å². The molecule has 0 spiro atoms. The highest BCUT2D eigenvalue weighted by atomic mass is 32.2. The van der Waals surface area contributed by atoms with Crippen molar-refractivity contribution in [1.29, 1.82) is 0 Å². The summed E-state index contributed by atoms with van der Waals surface area (Å²) in [6.07, 6.45) is 3.30. The maximum Gasteiger partial charge on any atom is 0.251 e. The number of benzene rings is 1. The number of carbonyl (C=O) groups is 1. The number of sulfonamides is 1. The molecule has 1 saturated heterocycles. The molecule has 1 aromatic carbocycles. The zero-order valence-electron chi connectivity index (χ0n) is 16.2. The molecule has 0 radical (unpaired) electrons. The molecule has 8 nitrogen and oxygen atoms in total. The molecule has 0 unspecified atom stereocenters. The number of anilines is 1. The number of H-pyrrole nitrogens is 1. The van der Waals surface area contributed by atoms with E-state index in [0.29, 0.717) is 36.0 Å². The Morgan fingerprint density at radius 3 is 2.76 bits per heavy atom. The van der Waals surface area contributed by atoms with Crippen LogP contribution in [0.15, 0.2) is 45.2 Å². The van der Waals surface area contributed by atoms with Gasteiger partial charge >= 0.3 is 0 Å². The van der Waals surface area contributed by atoms with E-state index in [9.17, 15) is 18.0 Å². The maximum atomic E-state index is 12.7. The standard InChI is InChI=1S/C19H24N4O4S2/c1-2-6-14-12-17(24)22-19(21-14)28-13-18(25)20-15-7-5-8-16(11-15)29(26,27)23-9-3-4-10-23/h5,7-8,11-12H,2-4,6,9-10,13H2,1H3,(H,20,25)(H,21,22,24). The van der Waals surface area contributed by atoms with E-state index in [1.54, 1.807) is 12.1 Å². The third-order valence-electron chi connectivity index (χ3n) is 4.44. The van der Waals surface area contributed by atoms with Crippen molar-refractivity contribution in [1.82, 2.24) is 14.3 Å². The second-order valence-electron chi connectivity index (χ2n) is 6.77. The number of thioether (sulfide) groups is 1. The SMILES string of the molecule is CCCc1cc(=O)[nH]c(SCC(=O)Nc2cccc(S(=O)(=O)N3CCCC3)c2)n1. The zero-order chi connectivity index (χ0) is 20.9. The fourth-order valence-electron chi connectivity index (χ4n) is 3.08. The summed E-state index contributed by atoms with van der Waals surface area (Å²) in [5.41, 5.74) is 0.863. The molecule has 2 heterocycles. The first-order chi connectivity index (χ1) is 13.9. The molecular weight excluding hydrogens is 412 g/mol. The number of amides is 1. The van der Waals surface area contributed by atoms with Gasteiger partial charge in [0, 0.05) is 30.5 Å². The lowest BCUT2D eigenvalue weighted by atomic mass is 10.2. The number of rotatable bonds is 8. The molecule has 10 heteroatoms. The number of aromatic amines is 1. The van der Waals surface area contributed by atoms with Crippen molar-refractivity contribution in [2.75, 3.05) is 24.2 Å². The largest absolute Gasteiger partial charge is 0.325 e. The smallest absolute Gasteiger partial charge is 0.251 e. The average molecular weight is 437 g/mol. The van der Waals surface area contributed by atoms with Crippen molar-refractivity contribution in [3.8, 4) is 0 Å². The van der Waals surface area contributed by atoms with Crippen molar-refractivity contribution < 1.29 is 13.2 Å². The fraction of sp³-hybridized carbons (Fsp3) is 0.421. The van der Waals surface area contributed by atoms with Gasteiger partial charge in [-0.1, -0.05) is 31.2 Å². The monoisotopic (exact) mass is 436 g/mol. The lowest BCUT2D eigenvalue weighted by molar-refractivity contribution is -0.113. The number of carbonyl (C=O) groups excluding carboxylic acids is 1. The molecular formula is C19H24N4O4S2. The van der Waals surface area contributed by atoms with Gasteiger partial charge in [0.15, 0.2) is 5.16 Å². The van der Waals surface area contributed by atoms with E-state index in [0.717, 1.165) is 31.0 Å². The van der Waals surface area contributed by atoms with Gasteiger partial charge in [-0.3, -0.25) is 9.59 Å². The van der Waals surface area contributed by atoms with Gasteiger partial charge in [-0.2, -0.15) is 4.31 Å². The highest BCUT2D eigenvalue weighted by Gasteiger charge is 2.27. The molecule has 0 atom stereocenters. The summed E-state index contributed by atoms with van der Waals surface area (Å²) >= 11 is 1.13. The Morgan fingerprint density at radius 1 is 1.28 bits per heavy atom. The predicted molar refractivity (Wildman–Crippen MR) is 113 cm³/mol. The first kappa shape index (κ1) is 21.5. The number of aromatic nitrogens is 2. The van der Waals surface area contributed by atoms with E-state index >= 15 is 0 Å². The normalized spacial score (nSPS) is 14.8. The topological polar surface area (TPSA) is 112 Å². The van der Waals surface area contributed by atoms with E-state index in [4.69, 9.17) is 0 Å². The lowest BCUT2D eigenvalue weighted by Crippen LogP contribution is -2.28. The fourth-order valence-corrected chi connectivity index (χ4v) is 5.34. The molecule has 1 amide bonds. The minimum Gasteiger partial charge on any atom is -0.325 e. The lowest BCUT2D eigenvalue weighted by Gasteiger charge is -2.16. The van der Waals surface area contributed by atoms with Crippen LogP contribution in [0.5, 0.6) is 0 Å². The van der Waals surface area contributed by atoms with Gasteiger partial charge in [0.2, 0.25) is 15.9 Å². The van der Waals surface area contributed by atoms with Gasteiger partial charge in [-0.15, -0.1) is 0 Å². The van der Waals surface area contributed by atoms with E-state index in [-0.39, 0.29) is 22.1 Å². The Hall–Kier alpha value is -2.17. The minimum atomic E-state index is -3.54. The van der Waals surface area contributed by atoms with Crippen LogP contribution in [0, 0.1) is 0 Å². The van der Waals surface area contributed by atoms with E-state index in [1.165, 1.54) is 22.5 Å². The van der Waals surface area contributed by atoms with Crippen molar-refractivity contribution in [2.45, 2.75) is 42.7 Å². The van der Waals surface area contributed by atoms with Crippen LogP contribution in [0.4, 0.5) is 5.69 Å². The van der Waals surface area contributed by atoms with Gasteiger partial charge in [-0.05, 0) is 37.5 Å². The van der Waals surface area contributed by atoms with Crippen molar-refractivity contribution >= 4 is 33.4 Å². The molecule has 1 aliphatic rings. The molecule has 3 rings (SSSR count). The van der Waals surface area contributed by atoms with Crippen LogP contribution < -0.4 is 10.9 Å². The van der Waals surface area contributed by atoms with E-state index in [1.807, 2.05) is 6.92 Å². The number of hydrogen-bond donors (Lipinski definition) is 2. The second kappa shape index (κ2) is 9.55. The molecule has 156 valence electrons. The van der Waals surface area contributed by atoms with Gasteiger partial charge in [0.1, 0.15) is 0 Å². The Bertz CT molecular complexity index is 1030. The van der Waals surface area contributed by atoms with Gasteiger partial charge in [-0.25, -0.2) is 13.4 Å². The van der Waals surface area contributed by atoms with E-state index in [2.05, 4.69) is 15.3 Å². The molecule has 1 fully saturated rings. The summed E-state index contributed by atoms with van der Waals surface area (Å²) < 4.78 is 26.8. The minimum absolute atomic E-state index is 0.0433. The van der Waals surface area contributed by atoms with Gasteiger partial charge in [0.25, 0.3) is 5.56 Å². The quantitative estimate of drug-likeness (QED) is 0.485. The predicted octanol–water partition coefficient (Wildman–Crippen LogP) is 2.24. The molecule has 1 aliphatic heterocycles. The highest BCUT2D eigenvalue weighted by molar-refractivity contribution is 7.99. The van der Waals surface area contributed by atoms with Crippen molar-refractivity contribution in [2.24, 2.45) is 0 Å².